The van der Waals surface area contributed by atoms with Gasteiger partial charge in [-0.1, -0.05) is 11.6 Å². The molecule has 5 saturated heterocycles. The molecule has 0 radical (unpaired) electrons. The fourth-order valence-electron chi connectivity index (χ4n) is 6.51. The van der Waals surface area contributed by atoms with E-state index in [-0.39, 0.29) is 5.41 Å². The lowest BCUT2D eigenvalue weighted by atomic mass is 9.68. The number of piperidine rings is 3. The first kappa shape index (κ1) is 15.1. The molecule has 5 bridgehead atoms. The molecule has 7 rings (SSSR count). The van der Waals surface area contributed by atoms with Gasteiger partial charge in [-0.3, -0.25) is 4.90 Å². The van der Waals surface area contributed by atoms with Gasteiger partial charge in [0.25, 0.3) is 0 Å². The van der Waals surface area contributed by atoms with E-state index in [0.717, 1.165) is 42.7 Å². The second-order valence-corrected chi connectivity index (χ2v) is 8.25. The van der Waals surface area contributed by atoms with Gasteiger partial charge in [-0.15, -0.1) is 0 Å². The highest BCUT2D eigenvalue weighted by Crippen LogP contribution is 2.64. The highest BCUT2D eigenvalue weighted by molar-refractivity contribution is 6.00. The van der Waals surface area contributed by atoms with Crippen LogP contribution in [0.5, 0.6) is 11.5 Å². The van der Waals surface area contributed by atoms with E-state index in [4.69, 9.17) is 19.2 Å². The van der Waals surface area contributed by atoms with Gasteiger partial charge in [-0.25, -0.2) is 4.99 Å². The Morgan fingerprint density at radius 2 is 2.19 bits per heavy atom. The third kappa shape index (κ3) is 1.51. The van der Waals surface area contributed by atoms with Crippen LogP contribution in [0.25, 0.3) is 0 Å². The van der Waals surface area contributed by atoms with Crippen LogP contribution in [-0.2, 0) is 10.2 Å². The number of aliphatic imine (C=N–C) groups is 1. The molecular weight excluding hydrogens is 328 g/mol. The second-order valence-electron chi connectivity index (χ2n) is 8.25. The van der Waals surface area contributed by atoms with Crippen molar-refractivity contribution in [1.82, 2.24) is 4.90 Å². The Balaban J connectivity index is 1.58. The smallest absolute Gasteiger partial charge is 0.201 e. The molecule has 0 aromatic heterocycles. The zero-order valence-corrected chi connectivity index (χ0v) is 15.5. The number of hydrogen-bond donors (Lipinski definition) is 0. The van der Waals surface area contributed by atoms with Gasteiger partial charge in [0.05, 0.1) is 26.2 Å². The van der Waals surface area contributed by atoms with E-state index in [1.807, 2.05) is 6.07 Å². The molecule has 5 fully saturated rings. The fraction of sp³-hybridized carbons (Fsp3) is 0.571. The lowest BCUT2D eigenvalue weighted by Gasteiger charge is -2.54. The summed E-state index contributed by atoms with van der Waals surface area (Å²) in [6.07, 6.45) is 4.65. The van der Waals surface area contributed by atoms with Crippen LogP contribution in [-0.4, -0.2) is 50.3 Å². The van der Waals surface area contributed by atoms with Gasteiger partial charge in [0, 0.05) is 36.2 Å². The Bertz CT molecular complexity index is 876. The van der Waals surface area contributed by atoms with Crippen molar-refractivity contribution < 1.29 is 14.2 Å². The topological polar surface area (TPSA) is 43.3 Å². The predicted molar refractivity (Wildman–Crippen MR) is 98.5 cm³/mol. The second kappa shape index (κ2) is 4.83. The number of allylic oxidation sites excluding steroid dienone is 1. The van der Waals surface area contributed by atoms with Crippen molar-refractivity contribution in [2.24, 2.45) is 16.8 Å². The van der Waals surface area contributed by atoms with Crippen molar-refractivity contribution in [3.8, 4) is 11.5 Å². The van der Waals surface area contributed by atoms with Crippen LogP contribution in [0, 0.1) is 11.8 Å². The lowest BCUT2D eigenvalue weighted by molar-refractivity contribution is -0.0150. The summed E-state index contributed by atoms with van der Waals surface area (Å²) in [6, 6.07) is 5.16. The molecule has 0 saturated carbocycles. The third-order valence-corrected chi connectivity index (χ3v) is 7.62. The van der Waals surface area contributed by atoms with Crippen molar-refractivity contribution in [2.75, 3.05) is 27.4 Å². The van der Waals surface area contributed by atoms with Gasteiger partial charge >= 0.3 is 0 Å². The summed E-state index contributed by atoms with van der Waals surface area (Å²) in [6.45, 7) is 4.08. The van der Waals surface area contributed by atoms with E-state index in [9.17, 15) is 0 Å². The van der Waals surface area contributed by atoms with E-state index < -0.39 is 0 Å². The van der Waals surface area contributed by atoms with E-state index >= 15 is 0 Å². The lowest BCUT2D eigenvalue weighted by Crippen LogP contribution is -2.61. The minimum atomic E-state index is -0.134. The normalized spacial score (nSPS) is 42.2. The number of methoxy groups -OCH3 is 2. The molecule has 0 aliphatic carbocycles. The summed E-state index contributed by atoms with van der Waals surface area (Å²) in [5.74, 6) is 3.79. The Labute approximate surface area is 153 Å². The molecular formula is C21H24N2O3. The SMILES string of the molecule is C/C=C1/CN2[C@H]3C[C@@H]1C1COC4=Nc5c(OC)cc(OC)cc5[C@]43C[C@@H]12. The molecule has 6 heterocycles. The highest BCUT2D eigenvalue weighted by Gasteiger charge is 2.69. The van der Waals surface area contributed by atoms with Crippen LogP contribution in [0.4, 0.5) is 5.69 Å². The zero-order chi connectivity index (χ0) is 17.6. The molecule has 0 N–H and O–H groups in total. The van der Waals surface area contributed by atoms with Crippen molar-refractivity contribution in [1.29, 1.82) is 0 Å². The van der Waals surface area contributed by atoms with Gasteiger partial charge < -0.3 is 14.2 Å². The molecule has 1 aromatic carbocycles. The summed E-state index contributed by atoms with van der Waals surface area (Å²) < 4.78 is 17.6. The van der Waals surface area contributed by atoms with Crippen LogP contribution < -0.4 is 9.47 Å². The summed E-state index contributed by atoms with van der Waals surface area (Å²) in [5, 5.41) is 0. The number of rotatable bonds is 2. The Morgan fingerprint density at radius 3 is 2.96 bits per heavy atom. The molecule has 5 nitrogen and oxygen atoms in total. The van der Waals surface area contributed by atoms with Gasteiger partial charge in [0.15, 0.2) is 0 Å². The number of ether oxygens (including phenoxy) is 3. The minimum Gasteiger partial charge on any atom is -0.497 e. The van der Waals surface area contributed by atoms with Crippen LogP contribution >= 0.6 is 0 Å². The first-order chi connectivity index (χ1) is 12.7. The van der Waals surface area contributed by atoms with Gasteiger partial charge in [-0.2, -0.15) is 0 Å². The Kier molecular flexibility index (Phi) is 2.80. The van der Waals surface area contributed by atoms with Gasteiger partial charge in [0.2, 0.25) is 5.90 Å². The largest absolute Gasteiger partial charge is 0.497 e. The van der Waals surface area contributed by atoms with E-state index in [2.05, 4.69) is 24.0 Å². The van der Waals surface area contributed by atoms with Crippen LogP contribution in [0.1, 0.15) is 25.3 Å². The molecule has 5 heteroatoms. The molecule has 136 valence electrons. The molecule has 2 unspecified atom stereocenters. The molecule has 1 spiro atoms. The summed E-state index contributed by atoms with van der Waals surface area (Å²) in [4.78, 5) is 7.71. The maximum Gasteiger partial charge on any atom is 0.201 e. The molecule has 6 aliphatic heterocycles. The van der Waals surface area contributed by atoms with Crippen LogP contribution in [0.2, 0.25) is 0 Å². The Morgan fingerprint density at radius 1 is 1.31 bits per heavy atom. The van der Waals surface area contributed by atoms with Crippen molar-refractivity contribution in [2.45, 2.75) is 37.3 Å². The Hall–Kier alpha value is -2.01. The third-order valence-electron chi connectivity index (χ3n) is 7.62. The monoisotopic (exact) mass is 352 g/mol. The first-order valence-corrected chi connectivity index (χ1v) is 9.60. The van der Waals surface area contributed by atoms with E-state index in [1.54, 1.807) is 19.8 Å². The molecule has 6 aliphatic rings. The minimum absolute atomic E-state index is 0.134. The molecule has 6 atom stereocenters. The van der Waals surface area contributed by atoms with E-state index in [0.29, 0.717) is 23.9 Å². The van der Waals surface area contributed by atoms with Crippen LogP contribution in [0.15, 0.2) is 28.8 Å². The first-order valence-electron chi connectivity index (χ1n) is 9.60. The van der Waals surface area contributed by atoms with Gasteiger partial charge in [-0.05, 0) is 31.7 Å². The summed E-state index contributed by atoms with van der Waals surface area (Å²) in [7, 11) is 3.42. The molecule has 0 amide bonds. The summed E-state index contributed by atoms with van der Waals surface area (Å²) >= 11 is 0. The fourth-order valence-corrected chi connectivity index (χ4v) is 6.51. The van der Waals surface area contributed by atoms with Crippen molar-refractivity contribution >= 4 is 11.6 Å². The van der Waals surface area contributed by atoms with Crippen LogP contribution in [0.3, 0.4) is 0 Å². The number of fused-ring (bicyclic) bond motifs is 2. The summed E-state index contributed by atoms with van der Waals surface area (Å²) in [5.41, 5.74) is 3.65. The number of benzene rings is 1. The van der Waals surface area contributed by atoms with E-state index in [1.165, 1.54) is 12.0 Å². The quantitative estimate of drug-likeness (QED) is 0.768. The number of hydrogen-bond acceptors (Lipinski definition) is 5. The zero-order valence-electron chi connectivity index (χ0n) is 15.5. The maximum atomic E-state index is 6.39. The molecule has 1 aromatic rings. The maximum absolute atomic E-state index is 6.39. The standard InChI is InChI=1S/C21H24N2O3/c1-4-11-9-23-16-8-21-15-5-12(24-2)6-17(25-3)19(15)22-20(21)26-10-14(16)13(11)7-18(21)23/h4-6,13-14,16,18H,7-10H2,1-3H3/b11-4-/t13-,14?,16-,18-,21-/m0/s1. The predicted octanol–water partition coefficient (Wildman–Crippen LogP) is 3.05. The average molecular weight is 352 g/mol. The van der Waals surface area contributed by atoms with Gasteiger partial charge in [0.1, 0.15) is 17.2 Å². The average Bonchev–Trinajstić information content (AvgIpc) is 3.04. The number of nitrogens with zero attached hydrogens (tertiary/aromatic N) is 2. The van der Waals surface area contributed by atoms with Crippen molar-refractivity contribution in [3.63, 3.8) is 0 Å². The highest BCUT2D eigenvalue weighted by atomic mass is 16.5. The molecule has 26 heavy (non-hydrogen) atoms. The van der Waals surface area contributed by atoms with Crippen molar-refractivity contribution in [3.05, 3.63) is 29.3 Å².